The molecule has 214 valence electrons. The van der Waals surface area contributed by atoms with Gasteiger partial charge in [0, 0.05) is 5.41 Å². The average Bonchev–Trinajstić information content (AvgIpc) is 3.67. The third kappa shape index (κ3) is 3.74. The zero-order valence-electron chi connectivity index (χ0n) is 23.5. The van der Waals surface area contributed by atoms with Gasteiger partial charge in [0.25, 0.3) is 0 Å². The van der Waals surface area contributed by atoms with Crippen molar-refractivity contribution in [3.63, 3.8) is 0 Å². The Hall–Kier alpha value is -3.58. The summed E-state index contributed by atoms with van der Waals surface area (Å²) in [5.41, 5.74) is 1.81. The minimum absolute atomic E-state index is 0.00951. The van der Waals surface area contributed by atoms with Crippen molar-refractivity contribution in [1.82, 2.24) is 20.0 Å². The average molecular weight is 558 g/mol. The van der Waals surface area contributed by atoms with Gasteiger partial charge in [-0.2, -0.15) is 20.6 Å². The molecule has 2 heterocycles. The van der Waals surface area contributed by atoms with Crippen LogP contribution in [0, 0.1) is 45.8 Å². The number of nitriles is 1. The molecule has 5 aliphatic rings. The summed E-state index contributed by atoms with van der Waals surface area (Å²) in [6.07, 6.45) is 12.3. The van der Waals surface area contributed by atoms with E-state index in [-0.39, 0.29) is 35.1 Å². The van der Waals surface area contributed by atoms with Gasteiger partial charge in [0.05, 0.1) is 42.0 Å². The Morgan fingerprint density at radius 3 is 2.76 bits per heavy atom. The molecule has 7 atom stereocenters. The lowest BCUT2D eigenvalue weighted by atomic mass is 9.45. The van der Waals surface area contributed by atoms with Gasteiger partial charge in [-0.1, -0.05) is 19.4 Å². The third-order valence-corrected chi connectivity index (χ3v) is 11.1. The van der Waals surface area contributed by atoms with Crippen molar-refractivity contribution >= 4 is 18.0 Å². The van der Waals surface area contributed by atoms with E-state index in [9.17, 15) is 14.7 Å². The highest BCUT2D eigenvalue weighted by molar-refractivity contribution is 5.86. The van der Waals surface area contributed by atoms with Crippen molar-refractivity contribution < 1.29 is 24.2 Å². The van der Waals surface area contributed by atoms with Crippen molar-refractivity contribution in [2.45, 2.75) is 76.9 Å². The second-order valence-corrected chi connectivity index (χ2v) is 13.2. The fraction of sp³-hybridized carbons (Fsp3) is 0.613. The monoisotopic (exact) mass is 557 g/mol. The maximum absolute atomic E-state index is 13.6. The Morgan fingerprint density at radius 1 is 1.20 bits per heavy atom. The van der Waals surface area contributed by atoms with Crippen molar-refractivity contribution in [1.29, 1.82) is 5.26 Å². The summed E-state index contributed by atoms with van der Waals surface area (Å²) < 4.78 is 13.4. The fourth-order valence-electron chi connectivity index (χ4n) is 9.12. The van der Waals surface area contributed by atoms with Gasteiger partial charge in [0.1, 0.15) is 6.07 Å². The zero-order valence-corrected chi connectivity index (χ0v) is 23.5. The minimum atomic E-state index is -1.49. The number of hydrogen-bond acceptors (Lipinski definition) is 9. The lowest BCUT2D eigenvalue weighted by Crippen LogP contribution is -2.63. The maximum Gasteiger partial charge on any atom is 0.352 e. The number of nitrogens with zero attached hydrogens (tertiary/aromatic N) is 5. The van der Waals surface area contributed by atoms with Gasteiger partial charge >= 0.3 is 11.9 Å². The number of ether oxygens (including phenoxy) is 2. The molecule has 0 aliphatic heterocycles. The molecular weight excluding hydrogens is 522 g/mol. The quantitative estimate of drug-likeness (QED) is 0.546. The summed E-state index contributed by atoms with van der Waals surface area (Å²) in [4.78, 5) is 26.6. The molecule has 4 saturated carbocycles. The van der Waals surface area contributed by atoms with E-state index in [0.29, 0.717) is 19.3 Å². The van der Waals surface area contributed by atoms with Crippen molar-refractivity contribution in [3.8, 4) is 11.8 Å². The molecule has 0 spiro atoms. The van der Waals surface area contributed by atoms with Crippen LogP contribution in [-0.2, 0) is 25.5 Å². The molecule has 0 bridgehead atoms. The third-order valence-electron chi connectivity index (χ3n) is 11.1. The Bertz CT molecular complexity index is 1480. The van der Waals surface area contributed by atoms with Gasteiger partial charge in [0.15, 0.2) is 6.61 Å². The van der Waals surface area contributed by atoms with Gasteiger partial charge < -0.3 is 14.6 Å². The second-order valence-electron chi connectivity index (χ2n) is 13.2. The molecule has 7 rings (SSSR count). The molecule has 0 radical (unpaired) electrons. The van der Waals surface area contributed by atoms with Crippen molar-refractivity contribution in [3.05, 3.63) is 41.5 Å². The number of esters is 2. The standard InChI is InChI=1S/C31H35N5O5/c1-29-14-19-16-35-36(21-8-11-33-34-17-21)24(19)13-20(29)5-6-22-23-7-9-31(28(39)40-12-10-32,41-27(38)18-3-4-18)30(23,2)15-25(37)26(22)29/h8,11,13,16-18,22-23,25-26,37H,3-7,9,12,14-15H2,1-2H3/t22?,23-,25-,26+,29-,30-,31-/m0/s1. The molecule has 5 aliphatic carbocycles. The highest BCUT2D eigenvalue weighted by Gasteiger charge is 2.71. The van der Waals surface area contributed by atoms with Crippen LogP contribution >= 0.6 is 0 Å². The van der Waals surface area contributed by atoms with Gasteiger partial charge in [0.2, 0.25) is 5.60 Å². The second kappa shape index (κ2) is 9.21. The number of carbonyl (C=O) groups is 2. The van der Waals surface area contributed by atoms with Crippen LogP contribution in [-0.4, -0.2) is 55.3 Å². The van der Waals surface area contributed by atoms with E-state index in [1.54, 1.807) is 12.4 Å². The topological polar surface area (TPSA) is 140 Å². The van der Waals surface area contributed by atoms with E-state index in [1.165, 1.54) is 5.57 Å². The van der Waals surface area contributed by atoms with Crippen LogP contribution in [0.4, 0.5) is 0 Å². The molecule has 0 saturated heterocycles. The maximum atomic E-state index is 13.6. The summed E-state index contributed by atoms with van der Waals surface area (Å²) in [5.74, 6) is -0.975. The Kier molecular flexibility index (Phi) is 5.92. The number of hydrogen-bond donors (Lipinski definition) is 1. The van der Waals surface area contributed by atoms with Crippen molar-refractivity contribution in [2.24, 2.45) is 34.5 Å². The first-order valence-corrected chi connectivity index (χ1v) is 14.7. The van der Waals surface area contributed by atoms with Crippen LogP contribution < -0.4 is 0 Å². The van der Waals surface area contributed by atoms with Gasteiger partial charge in [-0.15, -0.1) is 0 Å². The largest absolute Gasteiger partial charge is 0.447 e. The molecular formula is C31H35N5O5. The number of aliphatic hydroxyl groups is 1. The van der Waals surface area contributed by atoms with Crippen molar-refractivity contribution in [2.75, 3.05) is 6.61 Å². The molecule has 1 unspecified atom stereocenters. The summed E-state index contributed by atoms with van der Waals surface area (Å²) >= 11 is 0. The van der Waals surface area contributed by atoms with Gasteiger partial charge in [-0.25, -0.2) is 9.48 Å². The van der Waals surface area contributed by atoms with E-state index in [4.69, 9.17) is 14.7 Å². The molecule has 41 heavy (non-hydrogen) atoms. The van der Waals surface area contributed by atoms with Gasteiger partial charge in [-0.3, -0.25) is 4.79 Å². The molecule has 1 N–H and O–H groups in total. The molecule has 10 heteroatoms. The van der Waals surface area contributed by atoms with Crippen LogP contribution in [0.3, 0.4) is 0 Å². The molecule has 4 fully saturated rings. The minimum Gasteiger partial charge on any atom is -0.447 e. The first-order valence-electron chi connectivity index (χ1n) is 14.7. The smallest absolute Gasteiger partial charge is 0.352 e. The Morgan fingerprint density at radius 2 is 2.02 bits per heavy atom. The van der Waals surface area contributed by atoms with E-state index in [2.05, 4.69) is 28.3 Å². The molecule has 2 aromatic rings. The number of aromatic nitrogens is 4. The van der Waals surface area contributed by atoms with Crippen LogP contribution in [0.1, 0.15) is 70.1 Å². The van der Waals surface area contributed by atoms with Crippen LogP contribution in [0.15, 0.2) is 30.2 Å². The lowest BCUT2D eigenvalue weighted by molar-refractivity contribution is -0.214. The predicted octanol–water partition coefficient (Wildman–Crippen LogP) is 3.57. The number of rotatable bonds is 5. The first kappa shape index (κ1) is 26.3. The summed E-state index contributed by atoms with van der Waals surface area (Å²) in [6.45, 7) is 3.87. The first-order chi connectivity index (χ1) is 19.7. The van der Waals surface area contributed by atoms with Crippen LogP contribution in [0.25, 0.3) is 11.8 Å². The van der Waals surface area contributed by atoms with Crippen LogP contribution in [0.5, 0.6) is 0 Å². The highest BCUT2D eigenvalue weighted by atomic mass is 16.6. The normalized spacial score (nSPS) is 37.0. The summed E-state index contributed by atoms with van der Waals surface area (Å²) in [6, 6.07) is 3.76. The SMILES string of the molecule is C[C@]12Cc3cnn(-c4ccnnc4)c3C=C1CCC1[C@@H]2[C@@H](O)C[C@@]2(C)[C@H]1CC[C@]2(OC(=O)C1CC1)C(=O)OCC#N. The summed E-state index contributed by atoms with van der Waals surface area (Å²) in [5, 5.41) is 33.7. The number of carbonyl (C=O) groups excluding carboxylic acids is 2. The van der Waals surface area contributed by atoms with Gasteiger partial charge in [-0.05, 0) is 92.2 Å². The predicted molar refractivity (Wildman–Crippen MR) is 145 cm³/mol. The van der Waals surface area contributed by atoms with Crippen LogP contribution in [0.2, 0.25) is 0 Å². The summed E-state index contributed by atoms with van der Waals surface area (Å²) in [7, 11) is 0. The van der Waals surface area contributed by atoms with E-state index < -0.39 is 29.7 Å². The van der Waals surface area contributed by atoms with E-state index in [1.807, 2.05) is 29.9 Å². The molecule has 2 aromatic heterocycles. The van der Waals surface area contributed by atoms with E-state index in [0.717, 1.165) is 49.0 Å². The Labute approximate surface area is 238 Å². The Balaban J connectivity index is 1.23. The lowest BCUT2D eigenvalue weighted by Gasteiger charge is -2.60. The molecule has 10 nitrogen and oxygen atoms in total. The number of fused-ring (bicyclic) bond motifs is 6. The number of aliphatic hydroxyl groups excluding tert-OH is 1. The van der Waals surface area contributed by atoms with E-state index >= 15 is 0 Å². The molecule has 0 amide bonds. The fourth-order valence-corrected chi connectivity index (χ4v) is 9.12. The molecule has 0 aromatic carbocycles. The number of allylic oxidation sites excluding steroid dienone is 1. The highest BCUT2D eigenvalue weighted by Crippen LogP contribution is 2.68. The zero-order chi connectivity index (χ0) is 28.6.